The van der Waals surface area contributed by atoms with Crippen LogP contribution < -0.4 is 26.7 Å². The minimum atomic E-state index is -0.317. The van der Waals surface area contributed by atoms with E-state index < -0.39 is 0 Å². The predicted octanol–water partition coefficient (Wildman–Crippen LogP) is 2.86. The van der Waals surface area contributed by atoms with Gasteiger partial charge >= 0.3 is 0 Å². The fraction of sp³-hybridized carbons (Fsp3) is 0.565. The van der Waals surface area contributed by atoms with E-state index in [0.29, 0.717) is 42.1 Å². The van der Waals surface area contributed by atoms with E-state index >= 15 is 4.39 Å². The van der Waals surface area contributed by atoms with Gasteiger partial charge in [0.25, 0.3) is 5.56 Å². The van der Waals surface area contributed by atoms with Gasteiger partial charge in [0.05, 0.1) is 17.8 Å². The summed E-state index contributed by atoms with van der Waals surface area (Å²) in [6.07, 6.45) is 3.68. The first-order chi connectivity index (χ1) is 15.3. The summed E-state index contributed by atoms with van der Waals surface area (Å²) in [4.78, 5) is 15.1. The zero-order valence-corrected chi connectivity index (χ0v) is 18.7. The number of benzene rings is 1. The Bertz CT molecular complexity index is 1090. The molecule has 2 heterocycles. The molecule has 1 aromatic heterocycles. The Hall–Kier alpha value is -2.81. The highest BCUT2D eigenvalue weighted by Crippen LogP contribution is 2.42. The third kappa shape index (κ3) is 4.26. The number of anilines is 1. The molecule has 2 atom stereocenters. The molecule has 32 heavy (non-hydrogen) atoms. The average molecular weight is 446 g/mol. The molecule has 8 nitrogen and oxygen atoms in total. The molecule has 174 valence electrons. The Labute approximate surface area is 186 Å². The highest BCUT2D eigenvalue weighted by atomic mass is 19.1. The number of hydrogen-bond acceptors (Lipinski definition) is 6. The van der Waals surface area contributed by atoms with Crippen LogP contribution in [0.4, 0.5) is 10.1 Å². The number of aryl methyl sites for hydroxylation is 1. The summed E-state index contributed by atoms with van der Waals surface area (Å²) >= 11 is 0. The highest BCUT2D eigenvalue weighted by molar-refractivity contribution is 5.92. The van der Waals surface area contributed by atoms with E-state index in [1.807, 2.05) is 13.8 Å². The van der Waals surface area contributed by atoms with Gasteiger partial charge in [-0.25, -0.2) is 4.39 Å². The number of nitrogens with zero attached hydrogens (tertiary/aromatic N) is 3. The number of pyridine rings is 1. The molecular weight excluding hydrogens is 413 g/mol. The van der Waals surface area contributed by atoms with E-state index in [4.69, 9.17) is 21.4 Å². The maximum atomic E-state index is 15.5. The third-order valence-corrected chi connectivity index (χ3v) is 6.62. The van der Waals surface area contributed by atoms with Crippen LogP contribution in [0.5, 0.6) is 5.75 Å². The van der Waals surface area contributed by atoms with Gasteiger partial charge in [0, 0.05) is 43.0 Å². The van der Waals surface area contributed by atoms with E-state index in [2.05, 4.69) is 10.1 Å². The number of halogens is 1. The van der Waals surface area contributed by atoms with Crippen LogP contribution in [0.15, 0.2) is 22.1 Å². The molecule has 1 saturated heterocycles. The molecule has 1 aliphatic carbocycles. The molecule has 2 aromatic rings. The van der Waals surface area contributed by atoms with Crippen LogP contribution in [0.1, 0.15) is 50.6 Å². The standard InChI is InChI=1S/C23H32FN5O3/c1-13-22-17(10-18(24)23(13)28-8-7-15(12-28)14(2)25)19(32-9-3-4-20(26)27-31)11-21(30)29(22)16-5-6-16/h10-11,14-16,31H,3-9,12,25H2,1-2H3,(H2,26,27)/t14-,15+/m0/s1. The van der Waals surface area contributed by atoms with E-state index in [9.17, 15) is 4.79 Å². The molecule has 9 heteroatoms. The Morgan fingerprint density at radius 2 is 2.12 bits per heavy atom. The average Bonchev–Trinajstić information content (AvgIpc) is 3.47. The van der Waals surface area contributed by atoms with Crippen molar-refractivity contribution in [3.8, 4) is 5.75 Å². The van der Waals surface area contributed by atoms with Crippen LogP contribution in [0.3, 0.4) is 0 Å². The first-order valence-electron chi connectivity index (χ1n) is 11.3. The lowest BCUT2D eigenvalue weighted by Gasteiger charge is -2.25. The number of oxime groups is 1. The van der Waals surface area contributed by atoms with Gasteiger partial charge in [0.1, 0.15) is 17.4 Å². The Kier molecular flexibility index (Phi) is 6.28. The second-order valence-electron chi connectivity index (χ2n) is 9.07. The lowest BCUT2D eigenvalue weighted by molar-refractivity contribution is 0.307. The van der Waals surface area contributed by atoms with E-state index in [0.717, 1.165) is 36.9 Å². The third-order valence-electron chi connectivity index (χ3n) is 6.62. The van der Waals surface area contributed by atoms with E-state index in [-0.39, 0.29) is 35.9 Å². The first-order valence-corrected chi connectivity index (χ1v) is 11.3. The maximum absolute atomic E-state index is 15.5. The first kappa shape index (κ1) is 22.4. The molecule has 0 spiro atoms. The van der Waals surface area contributed by atoms with Crippen LogP contribution in [0.2, 0.25) is 0 Å². The minimum Gasteiger partial charge on any atom is -0.493 e. The highest BCUT2D eigenvalue weighted by Gasteiger charge is 2.32. The second-order valence-corrected chi connectivity index (χ2v) is 9.07. The Morgan fingerprint density at radius 1 is 1.38 bits per heavy atom. The van der Waals surface area contributed by atoms with Crippen LogP contribution >= 0.6 is 0 Å². The minimum absolute atomic E-state index is 0.0541. The van der Waals surface area contributed by atoms with Gasteiger partial charge in [0.2, 0.25) is 0 Å². The van der Waals surface area contributed by atoms with Gasteiger partial charge in [-0.05, 0) is 57.1 Å². The summed E-state index contributed by atoms with van der Waals surface area (Å²) < 4.78 is 23.1. The molecule has 2 fully saturated rings. The van der Waals surface area contributed by atoms with Gasteiger partial charge in [-0.1, -0.05) is 5.16 Å². The summed E-state index contributed by atoms with van der Waals surface area (Å²) in [5.41, 5.74) is 13.5. The SMILES string of the molecule is Cc1c(N2CC[C@@H]([C@H](C)N)C2)c(F)cc2c(OCCC/C(N)=N\O)cc(=O)n(C3CC3)c12. The zero-order chi connectivity index (χ0) is 23.0. The van der Waals surface area contributed by atoms with Crippen molar-refractivity contribution >= 4 is 22.4 Å². The largest absolute Gasteiger partial charge is 0.493 e. The number of nitrogens with two attached hydrogens (primary N) is 2. The quantitative estimate of drug-likeness (QED) is 0.189. The number of fused-ring (bicyclic) bond motifs is 1. The van der Waals surface area contributed by atoms with Crippen molar-refractivity contribution in [3.05, 3.63) is 33.9 Å². The molecule has 1 aromatic carbocycles. The number of hydrogen-bond donors (Lipinski definition) is 3. The number of ether oxygens (including phenoxy) is 1. The van der Waals surface area contributed by atoms with Crippen LogP contribution in [-0.4, -0.2) is 41.3 Å². The molecule has 1 aliphatic heterocycles. The molecule has 4 rings (SSSR count). The zero-order valence-electron chi connectivity index (χ0n) is 18.7. The monoisotopic (exact) mass is 445 g/mol. The molecule has 0 unspecified atom stereocenters. The number of aromatic nitrogens is 1. The van der Waals surface area contributed by atoms with E-state index in [1.165, 1.54) is 12.1 Å². The van der Waals surface area contributed by atoms with Crippen LogP contribution in [0, 0.1) is 18.7 Å². The van der Waals surface area contributed by atoms with Gasteiger partial charge in [-0.3, -0.25) is 4.79 Å². The van der Waals surface area contributed by atoms with Gasteiger partial charge in [-0.2, -0.15) is 0 Å². The molecule has 2 aliphatic rings. The summed E-state index contributed by atoms with van der Waals surface area (Å²) in [5.74, 6) is 0.484. The van der Waals surface area contributed by atoms with Gasteiger partial charge < -0.3 is 30.9 Å². The van der Waals surface area contributed by atoms with Crippen LogP contribution in [-0.2, 0) is 0 Å². The normalized spacial score (nSPS) is 20.2. The summed E-state index contributed by atoms with van der Waals surface area (Å²) in [5, 5.41) is 12.2. The maximum Gasteiger partial charge on any atom is 0.255 e. The summed E-state index contributed by atoms with van der Waals surface area (Å²) in [6.45, 7) is 5.60. The molecule has 0 radical (unpaired) electrons. The van der Waals surface area contributed by atoms with Gasteiger partial charge in [-0.15, -0.1) is 0 Å². The van der Waals surface area contributed by atoms with Crippen LogP contribution in [0.25, 0.3) is 10.9 Å². The molecule has 5 N–H and O–H groups in total. The number of amidine groups is 1. The lowest BCUT2D eigenvalue weighted by Crippen LogP contribution is -2.30. The summed E-state index contributed by atoms with van der Waals surface area (Å²) in [6, 6.07) is 3.14. The van der Waals surface area contributed by atoms with Crippen molar-refractivity contribution in [2.45, 2.75) is 58.0 Å². The lowest BCUT2D eigenvalue weighted by atomic mass is 10.0. The van der Waals surface area contributed by atoms with Crippen molar-refractivity contribution < 1.29 is 14.3 Å². The van der Waals surface area contributed by atoms with Crippen molar-refractivity contribution in [1.82, 2.24) is 4.57 Å². The number of rotatable bonds is 8. The Balaban J connectivity index is 1.74. The van der Waals surface area contributed by atoms with Crippen molar-refractivity contribution in [3.63, 3.8) is 0 Å². The van der Waals surface area contributed by atoms with Crippen molar-refractivity contribution in [2.24, 2.45) is 22.5 Å². The van der Waals surface area contributed by atoms with Gasteiger partial charge in [0.15, 0.2) is 0 Å². The van der Waals surface area contributed by atoms with Crippen molar-refractivity contribution in [1.29, 1.82) is 0 Å². The topological polar surface area (TPSA) is 119 Å². The summed E-state index contributed by atoms with van der Waals surface area (Å²) in [7, 11) is 0. The smallest absolute Gasteiger partial charge is 0.255 e. The van der Waals surface area contributed by atoms with E-state index in [1.54, 1.807) is 4.57 Å². The predicted molar refractivity (Wildman–Crippen MR) is 123 cm³/mol. The fourth-order valence-electron chi connectivity index (χ4n) is 4.73. The molecule has 0 amide bonds. The van der Waals surface area contributed by atoms with Crippen molar-refractivity contribution in [2.75, 3.05) is 24.6 Å². The fourth-order valence-corrected chi connectivity index (χ4v) is 4.73. The molecule has 0 bridgehead atoms. The molecular formula is C23H32FN5O3. The second kappa shape index (κ2) is 8.97. The molecule has 1 saturated carbocycles. The Morgan fingerprint density at radius 3 is 2.75 bits per heavy atom.